The Morgan fingerprint density at radius 2 is 1.65 bits per heavy atom. The van der Waals surface area contributed by atoms with E-state index in [-0.39, 0.29) is 24.4 Å². The Balaban J connectivity index is 1.41. The number of carbonyl (C=O) groups excluding carboxylic acids is 3. The summed E-state index contributed by atoms with van der Waals surface area (Å²) >= 11 is 5.91. The molecule has 0 bridgehead atoms. The number of carbonyl (C=O) groups is 3. The van der Waals surface area contributed by atoms with Crippen LogP contribution >= 0.6 is 11.6 Å². The van der Waals surface area contributed by atoms with E-state index in [1.807, 2.05) is 43.3 Å². The maximum atomic E-state index is 13.1. The molecule has 7 nitrogen and oxygen atoms in total. The molecule has 2 saturated heterocycles. The van der Waals surface area contributed by atoms with Gasteiger partial charge in [0.25, 0.3) is 11.8 Å². The molecule has 2 fully saturated rings. The van der Waals surface area contributed by atoms with Crippen LogP contribution in [0.4, 0.5) is 10.5 Å². The zero-order chi connectivity index (χ0) is 22.2. The van der Waals surface area contributed by atoms with Crippen LogP contribution in [0.1, 0.15) is 28.8 Å². The van der Waals surface area contributed by atoms with E-state index < -0.39 is 5.54 Å². The van der Waals surface area contributed by atoms with Crippen molar-refractivity contribution >= 4 is 35.1 Å². The number of nitrogens with one attached hydrogen (secondary N) is 1. The Kier molecular flexibility index (Phi) is 5.62. The van der Waals surface area contributed by atoms with Crippen LogP contribution < -0.4 is 10.2 Å². The van der Waals surface area contributed by atoms with E-state index in [0.717, 1.165) is 11.3 Å². The lowest BCUT2D eigenvalue weighted by Gasteiger charge is -2.37. The van der Waals surface area contributed by atoms with Gasteiger partial charge in [-0.05, 0) is 54.8 Å². The predicted octanol–water partition coefficient (Wildman–Crippen LogP) is 3.13. The first-order valence-electron chi connectivity index (χ1n) is 10.2. The number of nitrogens with zero attached hydrogens (tertiary/aromatic N) is 3. The third-order valence-electron chi connectivity index (χ3n) is 6.03. The number of piperidine rings is 1. The van der Waals surface area contributed by atoms with Crippen LogP contribution in [0.5, 0.6) is 0 Å². The summed E-state index contributed by atoms with van der Waals surface area (Å²) in [6, 6.07) is 14.1. The van der Waals surface area contributed by atoms with E-state index in [2.05, 4.69) is 5.32 Å². The van der Waals surface area contributed by atoms with Crippen LogP contribution in [0.15, 0.2) is 48.5 Å². The molecule has 1 N–H and O–H groups in total. The number of hydrogen-bond donors (Lipinski definition) is 1. The van der Waals surface area contributed by atoms with Crippen LogP contribution in [0, 0.1) is 0 Å². The van der Waals surface area contributed by atoms with Crippen molar-refractivity contribution in [1.82, 2.24) is 15.1 Å². The molecule has 0 aliphatic carbocycles. The van der Waals surface area contributed by atoms with Crippen molar-refractivity contribution in [3.8, 4) is 0 Å². The van der Waals surface area contributed by atoms with E-state index in [1.54, 1.807) is 29.2 Å². The van der Waals surface area contributed by atoms with Crippen LogP contribution in [0.25, 0.3) is 0 Å². The van der Waals surface area contributed by atoms with E-state index in [9.17, 15) is 14.4 Å². The average molecular weight is 441 g/mol. The van der Waals surface area contributed by atoms with Gasteiger partial charge in [-0.1, -0.05) is 23.7 Å². The Morgan fingerprint density at radius 1 is 1.03 bits per heavy atom. The van der Waals surface area contributed by atoms with Crippen LogP contribution in [0.3, 0.4) is 0 Å². The van der Waals surface area contributed by atoms with Gasteiger partial charge in [-0.2, -0.15) is 0 Å². The lowest BCUT2D eigenvalue weighted by molar-refractivity contribution is -0.133. The Morgan fingerprint density at radius 3 is 2.23 bits per heavy atom. The molecule has 2 aliphatic rings. The standard InChI is InChI=1S/C23H25ClN4O3/c1-26(2)19-9-5-17(6-10-19)20(29)27-13-11-23(12-14-27)21(30)28(22(31)25-23)15-16-3-7-18(24)8-4-16/h3-10H,11-15H2,1-2H3,(H,25,31). The largest absolute Gasteiger partial charge is 0.378 e. The summed E-state index contributed by atoms with van der Waals surface area (Å²) in [6.07, 6.45) is 0.798. The maximum Gasteiger partial charge on any atom is 0.325 e. The number of urea groups is 1. The van der Waals surface area contributed by atoms with Gasteiger partial charge in [-0.3, -0.25) is 14.5 Å². The van der Waals surface area contributed by atoms with Gasteiger partial charge in [0.05, 0.1) is 6.54 Å². The molecular weight excluding hydrogens is 416 g/mol. The molecule has 4 rings (SSSR count). The fourth-order valence-corrected chi connectivity index (χ4v) is 4.23. The van der Waals surface area contributed by atoms with Crippen molar-refractivity contribution in [2.45, 2.75) is 24.9 Å². The zero-order valence-electron chi connectivity index (χ0n) is 17.6. The summed E-state index contributed by atoms with van der Waals surface area (Å²) in [4.78, 5) is 43.5. The Hall–Kier alpha value is -3.06. The minimum absolute atomic E-state index is 0.0602. The molecule has 0 aromatic heterocycles. The highest BCUT2D eigenvalue weighted by Gasteiger charge is 2.52. The van der Waals surface area contributed by atoms with Crippen molar-refractivity contribution in [3.63, 3.8) is 0 Å². The Labute approximate surface area is 186 Å². The van der Waals surface area contributed by atoms with E-state index in [1.165, 1.54) is 4.90 Å². The van der Waals surface area contributed by atoms with Crippen molar-refractivity contribution in [3.05, 3.63) is 64.7 Å². The predicted molar refractivity (Wildman–Crippen MR) is 119 cm³/mol. The van der Waals surface area contributed by atoms with Gasteiger partial charge >= 0.3 is 6.03 Å². The number of benzene rings is 2. The molecule has 0 atom stereocenters. The quantitative estimate of drug-likeness (QED) is 0.741. The third kappa shape index (κ3) is 4.10. The minimum Gasteiger partial charge on any atom is -0.378 e. The van der Waals surface area contributed by atoms with Crippen LogP contribution in [-0.2, 0) is 11.3 Å². The lowest BCUT2D eigenvalue weighted by atomic mass is 9.87. The van der Waals surface area contributed by atoms with Gasteiger partial charge in [0.15, 0.2) is 0 Å². The summed E-state index contributed by atoms with van der Waals surface area (Å²) in [5, 5.41) is 3.49. The van der Waals surface area contributed by atoms with Gasteiger partial charge in [0.2, 0.25) is 0 Å². The van der Waals surface area contributed by atoms with Crippen molar-refractivity contribution in [2.75, 3.05) is 32.1 Å². The van der Waals surface area contributed by atoms with Gasteiger partial charge in [0, 0.05) is 43.5 Å². The molecule has 0 radical (unpaired) electrons. The lowest BCUT2D eigenvalue weighted by Crippen LogP contribution is -2.55. The summed E-state index contributed by atoms with van der Waals surface area (Å²) in [6.45, 7) is 1.02. The summed E-state index contributed by atoms with van der Waals surface area (Å²) in [5.74, 6) is -0.287. The van der Waals surface area contributed by atoms with Gasteiger partial charge < -0.3 is 15.1 Å². The second-order valence-corrected chi connectivity index (χ2v) is 8.70. The summed E-state index contributed by atoms with van der Waals surface area (Å²) in [5.41, 5.74) is 1.54. The first kappa shape index (κ1) is 21.2. The maximum absolute atomic E-state index is 13.1. The summed E-state index contributed by atoms with van der Waals surface area (Å²) < 4.78 is 0. The number of amides is 4. The molecule has 162 valence electrons. The van der Waals surface area contributed by atoms with Crippen molar-refractivity contribution < 1.29 is 14.4 Å². The molecule has 31 heavy (non-hydrogen) atoms. The first-order valence-corrected chi connectivity index (χ1v) is 10.6. The molecule has 2 heterocycles. The monoisotopic (exact) mass is 440 g/mol. The molecule has 8 heteroatoms. The van der Waals surface area contributed by atoms with Gasteiger partial charge in [-0.25, -0.2) is 4.79 Å². The van der Waals surface area contributed by atoms with Crippen molar-refractivity contribution in [2.24, 2.45) is 0 Å². The number of imide groups is 1. The minimum atomic E-state index is -0.935. The smallest absolute Gasteiger partial charge is 0.325 e. The van der Waals surface area contributed by atoms with Gasteiger partial charge in [-0.15, -0.1) is 0 Å². The van der Waals surface area contributed by atoms with E-state index >= 15 is 0 Å². The number of likely N-dealkylation sites (tertiary alicyclic amines) is 1. The summed E-state index contributed by atoms with van der Waals surface area (Å²) in [7, 11) is 3.90. The van der Waals surface area contributed by atoms with Crippen molar-refractivity contribution in [1.29, 1.82) is 0 Å². The first-order chi connectivity index (χ1) is 14.8. The number of anilines is 1. The van der Waals surface area contributed by atoms with E-state index in [0.29, 0.717) is 36.5 Å². The fourth-order valence-electron chi connectivity index (χ4n) is 4.11. The Bertz CT molecular complexity index is 996. The molecule has 0 saturated carbocycles. The number of hydrogen-bond acceptors (Lipinski definition) is 4. The van der Waals surface area contributed by atoms with Gasteiger partial charge in [0.1, 0.15) is 5.54 Å². The SMILES string of the molecule is CN(C)c1ccc(C(=O)N2CCC3(CC2)NC(=O)N(Cc2ccc(Cl)cc2)C3=O)cc1. The zero-order valence-corrected chi connectivity index (χ0v) is 18.4. The van der Waals surface area contributed by atoms with Crippen LogP contribution in [-0.4, -0.2) is 60.4 Å². The number of halogens is 1. The van der Waals surface area contributed by atoms with E-state index in [4.69, 9.17) is 11.6 Å². The highest BCUT2D eigenvalue weighted by molar-refractivity contribution is 6.30. The molecule has 2 aliphatic heterocycles. The average Bonchev–Trinajstić information content (AvgIpc) is 2.99. The molecular formula is C23H25ClN4O3. The molecule has 2 aromatic rings. The second kappa shape index (κ2) is 8.23. The molecule has 2 aromatic carbocycles. The highest BCUT2D eigenvalue weighted by atomic mass is 35.5. The fraction of sp³-hybridized carbons (Fsp3) is 0.348. The molecule has 4 amide bonds. The topological polar surface area (TPSA) is 73.0 Å². The third-order valence-corrected chi connectivity index (χ3v) is 6.29. The molecule has 1 spiro atoms. The molecule has 0 unspecified atom stereocenters. The second-order valence-electron chi connectivity index (χ2n) is 8.26. The van der Waals surface area contributed by atoms with Crippen LogP contribution in [0.2, 0.25) is 5.02 Å². The highest BCUT2D eigenvalue weighted by Crippen LogP contribution is 2.31. The number of rotatable bonds is 4. The normalized spacial score (nSPS) is 17.8.